The molecule has 3 atom stereocenters. The third-order valence-corrected chi connectivity index (χ3v) is 6.63. The number of hydrogen-bond acceptors (Lipinski definition) is 5. The van der Waals surface area contributed by atoms with Gasteiger partial charge in [-0.15, -0.1) is 0 Å². The predicted octanol–water partition coefficient (Wildman–Crippen LogP) is 3.55. The van der Waals surface area contributed by atoms with Gasteiger partial charge in [-0.2, -0.15) is 0 Å². The number of amides is 2. The second-order valence-corrected chi connectivity index (χ2v) is 9.57. The maximum absolute atomic E-state index is 12.9. The molecule has 1 saturated heterocycles. The lowest BCUT2D eigenvalue weighted by Gasteiger charge is -2.23. The third-order valence-electron chi connectivity index (χ3n) is 6.63. The Morgan fingerprint density at radius 2 is 1.69 bits per heavy atom. The van der Waals surface area contributed by atoms with Crippen LogP contribution in [0.15, 0.2) is 48.5 Å². The van der Waals surface area contributed by atoms with Crippen LogP contribution in [-0.4, -0.2) is 55.0 Å². The van der Waals surface area contributed by atoms with Gasteiger partial charge in [0, 0.05) is 19.1 Å². The lowest BCUT2D eigenvalue weighted by atomic mass is 9.95. The Bertz CT molecular complexity index is 1040. The van der Waals surface area contributed by atoms with Crippen LogP contribution in [0.4, 0.5) is 4.79 Å². The zero-order chi connectivity index (χ0) is 24.9. The van der Waals surface area contributed by atoms with Gasteiger partial charge < -0.3 is 25.2 Å². The summed E-state index contributed by atoms with van der Waals surface area (Å²) in [6, 6.07) is 15.7. The Hall–Kier alpha value is -3.39. The number of carboxylic acids is 1. The molecule has 1 aliphatic carbocycles. The molecule has 0 bridgehead atoms. The van der Waals surface area contributed by atoms with Crippen LogP contribution in [0.5, 0.6) is 0 Å². The van der Waals surface area contributed by atoms with Crippen LogP contribution in [-0.2, 0) is 19.1 Å². The van der Waals surface area contributed by atoms with Crippen molar-refractivity contribution in [2.45, 2.75) is 44.8 Å². The summed E-state index contributed by atoms with van der Waals surface area (Å²) >= 11 is 0. The maximum atomic E-state index is 12.9. The Morgan fingerprint density at radius 1 is 1.06 bits per heavy atom. The Kier molecular flexibility index (Phi) is 7.70. The van der Waals surface area contributed by atoms with Crippen LogP contribution in [0, 0.1) is 11.8 Å². The van der Waals surface area contributed by atoms with Crippen LogP contribution >= 0.6 is 0 Å². The average molecular weight is 481 g/mol. The van der Waals surface area contributed by atoms with Gasteiger partial charge in [-0.3, -0.25) is 4.79 Å². The van der Waals surface area contributed by atoms with Crippen molar-refractivity contribution >= 4 is 18.0 Å². The van der Waals surface area contributed by atoms with E-state index in [9.17, 15) is 19.5 Å². The number of rotatable bonds is 9. The molecule has 2 aromatic carbocycles. The molecule has 1 heterocycles. The zero-order valence-electron chi connectivity index (χ0n) is 20.0. The maximum Gasteiger partial charge on any atom is 0.407 e. The van der Waals surface area contributed by atoms with Gasteiger partial charge in [0.25, 0.3) is 0 Å². The van der Waals surface area contributed by atoms with Crippen molar-refractivity contribution in [1.29, 1.82) is 0 Å². The molecule has 0 spiro atoms. The van der Waals surface area contributed by atoms with Crippen molar-refractivity contribution in [2.24, 2.45) is 11.8 Å². The molecule has 0 saturated carbocycles. The highest BCUT2D eigenvalue weighted by atomic mass is 16.5. The number of fused-ring (bicyclic) bond motifs is 3. The summed E-state index contributed by atoms with van der Waals surface area (Å²) in [7, 11) is 0. The summed E-state index contributed by atoms with van der Waals surface area (Å²) in [6.07, 6.45) is -0.646. The summed E-state index contributed by atoms with van der Waals surface area (Å²) in [6.45, 7) is 4.57. The monoisotopic (exact) mass is 480 g/mol. The smallest absolute Gasteiger partial charge is 0.407 e. The largest absolute Gasteiger partial charge is 0.479 e. The fraction of sp³-hybridized carbons (Fsp3) is 0.444. The van der Waals surface area contributed by atoms with Gasteiger partial charge in [-0.1, -0.05) is 62.4 Å². The van der Waals surface area contributed by atoms with E-state index in [-0.39, 0.29) is 37.5 Å². The van der Waals surface area contributed by atoms with Gasteiger partial charge in [0.1, 0.15) is 6.61 Å². The van der Waals surface area contributed by atoms with Gasteiger partial charge in [-0.05, 0) is 41.0 Å². The van der Waals surface area contributed by atoms with Gasteiger partial charge in [0.15, 0.2) is 6.10 Å². The van der Waals surface area contributed by atoms with Gasteiger partial charge in [0.05, 0.1) is 12.0 Å². The molecule has 35 heavy (non-hydrogen) atoms. The second kappa shape index (κ2) is 10.9. The number of ether oxygens (including phenoxy) is 2. The molecule has 4 rings (SSSR count). The van der Waals surface area contributed by atoms with Crippen molar-refractivity contribution in [3.05, 3.63) is 59.7 Å². The average Bonchev–Trinajstić information content (AvgIpc) is 3.43. The standard InChI is InChI=1S/C27H32N2O6/c1-16(2)13-17(25(30)29-23-11-12-34-24(23)26(31)32)14-28-27(33)35-15-22-20-9-5-3-7-18(20)19-8-4-6-10-21(19)22/h3-10,16-17,22-24H,11-15H2,1-2H3,(H,28,33)(H,29,30)(H,31,32). The predicted molar refractivity (Wildman–Crippen MR) is 130 cm³/mol. The van der Waals surface area contributed by atoms with Gasteiger partial charge >= 0.3 is 12.1 Å². The number of carbonyl (C=O) groups is 3. The first-order valence-corrected chi connectivity index (χ1v) is 12.1. The van der Waals surface area contributed by atoms with E-state index in [2.05, 4.69) is 34.9 Å². The summed E-state index contributed by atoms with van der Waals surface area (Å²) in [5.74, 6) is -1.72. The molecule has 2 amide bonds. The van der Waals surface area contributed by atoms with Crippen molar-refractivity contribution in [3.8, 4) is 11.1 Å². The fourth-order valence-electron chi connectivity index (χ4n) is 4.99. The molecule has 186 valence electrons. The second-order valence-electron chi connectivity index (χ2n) is 9.57. The molecular weight excluding hydrogens is 448 g/mol. The lowest BCUT2D eigenvalue weighted by molar-refractivity contribution is -0.148. The fourth-order valence-corrected chi connectivity index (χ4v) is 4.99. The lowest BCUT2D eigenvalue weighted by Crippen LogP contribution is -2.48. The zero-order valence-corrected chi connectivity index (χ0v) is 20.0. The molecule has 0 radical (unpaired) electrons. The summed E-state index contributed by atoms with van der Waals surface area (Å²) in [5, 5.41) is 14.8. The first kappa shape index (κ1) is 24.7. The van der Waals surface area contributed by atoms with Gasteiger partial charge in [0.2, 0.25) is 5.91 Å². The highest BCUT2D eigenvalue weighted by molar-refractivity contribution is 5.82. The highest BCUT2D eigenvalue weighted by Crippen LogP contribution is 2.44. The summed E-state index contributed by atoms with van der Waals surface area (Å²) in [4.78, 5) is 36.8. The number of aliphatic carboxylic acids is 1. The molecule has 8 heteroatoms. The van der Waals surface area contributed by atoms with Crippen LogP contribution in [0.25, 0.3) is 11.1 Å². The molecule has 0 aromatic heterocycles. The number of nitrogens with one attached hydrogen (secondary N) is 2. The van der Waals surface area contributed by atoms with Crippen molar-refractivity contribution in [1.82, 2.24) is 10.6 Å². The van der Waals surface area contributed by atoms with Crippen molar-refractivity contribution in [2.75, 3.05) is 19.8 Å². The molecular formula is C27H32N2O6. The van der Waals surface area contributed by atoms with E-state index in [4.69, 9.17) is 9.47 Å². The van der Waals surface area contributed by atoms with E-state index in [0.29, 0.717) is 12.8 Å². The Morgan fingerprint density at radius 3 is 2.29 bits per heavy atom. The van der Waals surface area contributed by atoms with Crippen molar-refractivity contribution < 1.29 is 29.0 Å². The highest BCUT2D eigenvalue weighted by Gasteiger charge is 2.36. The van der Waals surface area contributed by atoms with Crippen LogP contribution < -0.4 is 10.6 Å². The van der Waals surface area contributed by atoms with Crippen molar-refractivity contribution in [3.63, 3.8) is 0 Å². The van der Waals surface area contributed by atoms with E-state index < -0.39 is 30.1 Å². The molecule has 3 N–H and O–H groups in total. The minimum absolute atomic E-state index is 0.0433. The van der Waals surface area contributed by atoms with Gasteiger partial charge in [-0.25, -0.2) is 9.59 Å². The van der Waals surface area contributed by atoms with E-state index in [1.807, 2.05) is 38.1 Å². The first-order chi connectivity index (χ1) is 16.8. The quantitative estimate of drug-likeness (QED) is 0.506. The molecule has 1 fully saturated rings. The number of carbonyl (C=O) groups excluding carboxylic acids is 2. The molecule has 1 aliphatic heterocycles. The van der Waals surface area contributed by atoms with E-state index in [1.54, 1.807) is 0 Å². The molecule has 3 unspecified atom stereocenters. The van der Waals surface area contributed by atoms with E-state index in [1.165, 1.54) is 0 Å². The van der Waals surface area contributed by atoms with E-state index >= 15 is 0 Å². The normalized spacial score (nSPS) is 19.6. The first-order valence-electron chi connectivity index (χ1n) is 12.1. The topological polar surface area (TPSA) is 114 Å². The molecule has 2 aromatic rings. The number of carboxylic acid groups (broad SMARTS) is 1. The van der Waals surface area contributed by atoms with E-state index in [0.717, 1.165) is 22.3 Å². The minimum Gasteiger partial charge on any atom is -0.479 e. The number of alkyl carbamates (subject to hydrolysis) is 1. The summed E-state index contributed by atoms with van der Waals surface area (Å²) < 4.78 is 10.8. The van der Waals surface area contributed by atoms with Crippen LogP contribution in [0.1, 0.15) is 43.7 Å². The third kappa shape index (κ3) is 5.65. The van der Waals surface area contributed by atoms with Crippen LogP contribution in [0.3, 0.4) is 0 Å². The Labute approximate surface area is 205 Å². The minimum atomic E-state index is -1.09. The number of benzene rings is 2. The van der Waals surface area contributed by atoms with Crippen LogP contribution in [0.2, 0.25) is 0 Å². The SMILES string of the molecule is CC(C)CC(CNC(=O)OCC1c2ccccc2-c2ccccc21)C(=O)NC1CCOC1C(=O)O. The molecule has 8 nitrogen and oxygen atoms in total. The summed E-state index contributed by atoms with van der Waals surface area (Å²) in [5.41, 5.74) is 4.57. The molecule has 2 aliphatic rings. The Balaban J connectivity index is 1.34. The number of hydrogen-bond donors (Lipinski definition) is 3.